The van der Waals surface area contributed by atoms with E-state index in [1.807, 2.05) is 29.2 Å². The predicted molar refractivity (Wildman–Crippen MR) is 168 cm³/mol. The molecule has 7 nitrogen and oxygen atoms in total. The van der Waals surface area contributed by atoms with Crippen molar-refractivity contribution in [1.82, 2.24) is 15.1 Å². The third-order valence-electron chi connectivity index (χ3n) is 7.93. The first kappa shape index (κ1) is 30.4. The normalized spacial score (nSPS) is 14.6. The van der Waals surface area contributed by atoms with Gasteiger partial charge in [-0.05, 0) is 12.8 Å². The molecule has 1 unspecified atom stereocenters. The number of hydrogen-bond acceptors (Lipinski definition) is 5. The van der Waals surface area contributed by atoms with Gasteiger partial charge < -0.3 is 0 Å². The number of nitrogens with one attached hydrogen (secondary N) is 2. The number of anilines is 1. The van der Waals surface area contributed by atoms with E-state index >= 15 is 0 Å². The van der Waals surface area contributed by atoms with Crippen molar-refractivity contribution < 1.29 is 14.3 Å². The summed E-state index contributed by atoms with van der Waals surface area (Å²) in [6.07, 6.45) is 6.28. The molecular weight excluding hydrogens is 511 g/mol. The zero-order chi connectivity index (χ0) is 29.2. The van der Waals surface area contributed by atoms with Crippen molar-refractivity contribution >= 4 is 36.7 Å². The molecule has 2 aliphatic rings. The van der Waals surface area contributed by atoms with Crippen molar-refractivity contribution in [3.8, 4) is 5.75 Å². The number of benzene rings is 2. The number of carbonyl (C=O) groups is 2. The molecule has 1 aliphatic heterocycles. The van der Waals surface area contributed by atoms with Crippen LogP contribution in [-0.2, 0) is 22.7 Å². The SMILES string of the molecule is [B]=CCCC(C(=O)NC)N1Cc2c(OCC(=O)N(CCC)CCC)cc(NCc3ccccc3)cc2C1=C1CCC1. The third kappa shape index (κ3) is 7.40. The van der Waals surface area contributed by atoms with E-state index in [0.29, 0.717) is 31.7 Å². The number of amides is 2. The van der Waals surface area contributed by atoms with Crippen LogP contribution >= 0.6 is 0 Å². The molecule has 1 saturated carbocycles. The maximum absolute atomic E-state index is 13.1. The molecule has 217 valence electrons. The first-order chi connectivity index (χ1) is 20.0. The molecule has 1 aliphatic carbocycles. The Bertz CT molecular complexity index is 1230. The third-order valence-corrected chi connectivity index (χ3v) is 7.93. The quantitative estimate of drug-likeness (QED) is 0.306. The summed E-state index contributed by atoms with van der Waals surface area (Å²) in [5.74, 6) is 2.30. The molecule has 41 heavy (non-hydrogen) atoms. The molecular formula is C33H44BN4O3. The molecule has 0 bridgehead atoms. The average Bonchev–Trinajstić information content (AvgIpc) is 3.32. The summed E-state index contributed by atoms with van der Waals surface area (Å²) in [6.45, 7) is 6.82. The van der Waals surface area contributed by atoms with Gasteiger partial charge in [0.05, 0.1) is 0 Å². The van der Waals surface area contributed by atoms with Gasteiger partial charge in [0.15, 0.2) is 0 Å². The van der Waals surface area contributed by atoms with Crippen LogP contribution in [0.4, 0.5) is 5.69 Å². The summed E-state index contributed by atoms with van der Waals surface area (Å²) in [6, 6.07) is 14.1. The van der Waals surface area contributed by atoms with Crippen LogP contribution in [-0.4, -0.2) is 67.9 Å². The second-order valence-corrected chi connectivity index (χ2v) is 10.9. The van der Waals surface area contributed by atoms with E-state index in [0.717, 1.165) is 67.7 Å². The summed E-state index contributed by atoms with van der Waals surface area (Å²) in [5, 5.41) is 6.43. The van der Waals surface area contributed by atoms with E-state index in [2.05, 4.69) is 47.6 Å². The Morgan fingerprint density at radius 2 is 1.85 bits per heavy atom. The number of allylic oxidation sites excluding steroid dienone is 1. The molecule has 2 N–H and O–H groups in total. The molecule has 0 spiro atoms. The van der Waals surface area contributed by atoms with Gasteiger partial charge >= 0.3 is 176 Å². The van der Waals surface area contributed by atoms with Crippen molar-refractivity contribution in [3.63, 3.8) is 0 Å². The number of rotatable bonds is 15. The molecule has 1 atom stereocenters. The second-order valence-electron chi connectivity index (χ2n) is 10.9. The van der Waals surface area contributed by atoms with Crippen LogP contribution in [0.5, 0.6) is 5.75 Å². The molecule has 2 amide bonds. The van der Waals surface area contributed by atoms with Crippen LogP contribution < -0.4 is 15.4 Å². The van der Waals surface area contributed by atoms with Crippen LogP contribution in [0.15, 0.2) is 48.0 Å². The van der Waals surface area contributed by atoms with Crippen molar-refractivity contribution in [2.45, 2.75) is 77.9 Å². The zero-order valence-electron chi connectivity index (χ0n) is 24.9. The van der Waals surface area contributed by atoms with Gasteiger partial charge in [0.1, 0.15) is 0 Å². The van der Waals surface area contributed by atoms with E-state index in [4.69, 9.17) is 12.2 Å². The fraction of sp³-hybridized carbons (Fsp3) is 0.485. The Morgan fingerprint density at radius 3 is 2.46 bits per heavy atom. The van der Waals surface area contributed by atoms with Gasteiger partial charge in [0, 0.05) is 13.1 Å². The topological polar surface area (TPSA) is 73.9 Å². The molecule has 1 radical (unpaired) electrons. The van der Waals surface area contributed by atoms with E-state index in [-0.39, 0.29) is 24.5 Å². The molecule has 8 heteroatoms. The predicted octanol–water partition coefficient (Wildman–Crippen LogP) is 4.90. The monoisotopic (exact) mass is 555 g/mol. The Labute approximate surface area is 246 Å². The Hall–Kier alpha value is -3.55. The fourth-order valence-electron chi connectivity index (χ4n) is 5.69. The number of hydrogen-bond donors (Lipinski definition) is 2. The van der Waals surface area contributed by atoms with E-state index in [1.165, 1.54) is 11.1 Å². The standard InChI is InChI=1S/C33H44BN4O3/c1-4-17-37(18-5-2)31(39)23-41-30-20-26(36-21-24-11-7-6-8-12-24)19-27-28(30)22-38(32(27)25-13-9-14-25)29(15-10-16-34)33(40)35-3/h6-8,11-12,16,19-20,29,36H,4-5,9-10,13-15,17-18,21-23H2,1-3H3,(H,35,40). The van der Waals surface area contributed by atoms with Gasteiger partial charge in [-0.25, -0.2) is 0 Å². The van der Waals surface area contributed by atoms with Crippen LogP contribution in [0.3, 0.4) is 0 Å². The van der Waals surface area contributed by atoms with Crippen molar-refractivity contribution in [2.24, 2.45) is 0 Å². The maximum atomic E-state index is 13.1. The number of likely N-dealkylation sites (N-methyl/N-ethyl adjacent to an activating group) is 1. The van der Waals surface area contributed by atoms with Crippen LogP contribution in [0, 0.1) is 0 Å². The number of nitrogens with zero attached hydrogens (tertiary/aromatic N) is 2. The van der Waals surface area contributed by atoms with Crippen molar-refractivity contribution in [3.05, 3.63) is 64.7 Å². The number of carbonyl (C=O) groups excluding carboxylic acids is 2. The molecule has 1 fully saturated rings. The van der Waals surface area contributed by atoms with Gasteiger partial charge in [-0.15, -0.1) is 0 Å². The molecule has 1 heterocycles. The van der Waals surface area contributed by atoms with E-state index < -0.39 is 0 Å². The first-order valence-electron chi connectivity index (χ1n) is 15.1. The van der Waals surface area contributed by atoms with Crippen LogP contribution in [0.2, 0.25) is 0 Å². The van der Waals surface area contributed by atoms with Gasteiger partial charge in [-0.2, -0.15) is 0 Å². The van der Waals surface area contributed by atoms with Gasteiger partial charge in [-0.3, -0.25) is 0 Å². The minimum absolute atomic E-state index is 0.000702. The Kier molecular flexibility index (Phi) is 11.1. The van der Waals surface area contributed by atoms with Crippen LogP contribution in [0.1, 0.15) is 75.5 Å². The zero-order valence-corrected chi connectivity index (χ0v) is 24.9. The summed E-state index contributed by atoms with van der Waals surface area (Å²) < 4.78 is 6.35. The minimum atomic E-state index is -0.352. The van der Waals surface area contributed by atoms with Gasteiger partial charge in [0.25, 0.3) is 0 Å². The van der Waals surface area contributed by atoms with Crippen molar-refractivity contribution in [2.75, 3.05) is 32.1 Å². The van der Waals surface area contributed by atoms with E-state index in [9.17, 15) is 9.59 Å². The summed E-state index contributed by atoms with van der Waals surface area (Å²) in [5.41, 5.74) is 6.73. The van der Waals surface area contributed by atoms with Crippen molar-refractivity contribution in [1.29, 1.82) is 0 Å². The van der Waals surface area contributed by atoms with Gasteiger partial charge in [0.2, 0.25) is 0 Å². The molecule has 2 aromatic carbocycles. The Morgan fingerprint density at radius 1 is 1.12 bits per heavy atom. The summed E-state index contributed by atoms with van der Waals surface area (Å²) >= 11 is 0. The molecule has 0 saturated heterocycles. The summed E-state index contributed by atoms with van der Waals surface area (Å²) in [4.78, 5) is 30.4. The molecule has 4 rings (SSSR count). The first-order valence-corrected chi connectivity index (χ1v) is 15.1. The van der Waals surface area contributed by atoms with E-state index in [1.54, 1.807) is 13.0 Å². The number of fused-ring (bicyclic) bond motifs is 1. The summed E-state index contributed by atoms with van der Waals surface area (Å²) in [7, 11) is 7.43. The number of ether oxygens (including phenoxy) is 1. The fourth-order valence-corrected chi connectivity index (χ4v) is 5.69. The molecule has 0 aromatic heterocycles. The second kappa shape index (κ2) is 14.9. The van der Waals surface area contributed by atoms with Crippen LogP contribution in [0.25, 0.3) is 5.70 Å². The average molecular weight is 556 g/mol. The van der Waals surface area contributed by atoms with Gasteiger partial charge in [-0.1, -0.05) is 44.2 Å². The molecule has 2 aromatic rings. The Balaban J connectivity index is 1.71.